The number of aryl methyl sites for hydroxylation is 2. The molecule has 0 bridgehead atoms. The number of hydrogen-bond donors (Lipinski definition) is 0. The number of nitrogens with zero attached hydrogens (tertiary/aromatic N) is 2. The normalized spacial score (nSPS) is 12.2. The van der Waals surface area contributed by atoms with Crippen molar-refractivity contribution >= 4 is 35.1 Å². The average Bonchev–Trinajstić information content (AvgIpc) is 2.94. The van der Waals surface area contributed by atoms with E-state index in [1.807, 2.05) is 6.20 Å². The maximum absolute atomic E-state index is 5.05. The van der Waals surface area contributed by atoms with Gasteiger partial charge in [0.1, 0.15) is 0 Å². The quantitative estimate of drug-likeness (QED) is 0.398. The Morgan fingerprint density at radius 1 is 0.962 bits per heavy atom. The number of pyridine rings is 1. The first-order chi connectivity index (χ1) is 12.3. The summed E-state index contributed by atoms with van der Waals surface area (Å²) in [7, 11) is 0. The van der Waals surface area contributed by atoms with E-state index in [4.69, 9.17) is 9.97 Å². The molecular weight excluding hydrogens is 383 g/mol. The Morgan fingerprint density at radius 3 is 2.38 bits per heavy atom. The van der Waals surface area contributed by atoms with Crippen LogP contribution in [-0.4, -0.2) is 24.5 Å². The molecular formula is C23H24N2Se. The van der Waals surface area contributed by atoms with Crippen molar-refractivity contribution in [2.45, 2.75) is 41.0 Å². The van der Waals surface area contributed by atoms with Crippen molar-refractivity contribution in [1.29, 1.82) is 0 Å². The molecule has 4 aromatic rings. The van der Waals surface area contributed by atoms with Crippen molar-refractivity contribution in [2.24, 2.45) is 5.41 Å². The van der Waals surface area contributed by atoms with Gasteiger partial charge in [0.05, 0.1) is 0 Å². The SMILES string of the molecule is Cc1cc(C)cc(-c2cc3c(ccc4[se]c(CC(C)(C)C)nc43)cn2)c1. The van der Waals surface area contributed by atoms with Crippen molar-refractivity contribution in [3.8, 4) is 11.3 Å². The molecule has 26 heavy (non-hydrogen) atoms. The Kier molecular flexibility index (Phi) is 4.25. The molecule has 2 nitrogen and oxygen atoms in total. The molecule has 0 fully saturated rings. The zero-order chi connectivity index (χ0) is 18.5. The first kappa shape index (κ1) is 17.5. The molecule has 0 radical (unpaired) electrons. The fourth-order valence-electron chi connectivity index (χ4n) is 3.46. The van der Waals surface area contributed by atoms with Crippen LogP contribution in [0.2, 0.25) is 0 Å². The number of hydrogen-bond acceptors (Lipinski definition) is 2. The predicted molar refractivity (Wildman–Crippen MR) is 112 cm³/mol. The molecule has 0 amide bonds. The van der Waals surface area contributed by atoms with Crippen LogP contribution >= 0.6 is 0 Å². The summed E-state index contributed by atoms with van der Waals surface area (Å²) < 4.78 is 2.76. The van der Waals surface area contributed by atoms with Crippen LogP contribution in [-0.2, 0) is 6.42 Å². The average molecular weight is 407 g/mol. The molecule has 0 atom stereocenters. The van der Waals surface area contributed by atoms with Crippen LogP contribution in [0.5, 0.6) is 0 Å². The van der Waals surface area contributed by atoms with E-state index in [1.165, 1.54) is 41.8 Å². The van der Waals surface area contributed by atoms with Gasteiger partial charge in [-0.25, -0.2) is 0 Å². The third-order valence-corrected chi connectivity index (χ3v) is 6.64. The molecule has 0 aliphatic carbocycles. The molecule has 0 N–H and O–H groups in total. The molecule has 0 aliphatic rings. The van der Waals surface area contributed by atoms with Gasteiger partial charge in [0, 0.05) is 0 Å². The molecule has 4 rings (SSSR count). The van der Waals surface area contributed by atoms with Gasteiger partial charge in [0.15, 0.2) is 0 Å². The summed E-state index contributed by atoms with van der Waals surface area (Å²) in [5.74, 6) is 0. The van der Waals surface area contributed by atoms with Gasteiger partial charge in [-0.05, 0) is 0 Å². The predicted octanol–water partition coefficient (Wildman–Crippen LogP) is 5.71. The van der Waals surface area contributed by atoms with E-state index in [1.54, 1.807) is 0 Å². The van der Waals surface area contributed by atoms with E-state index >= 15 is 0 Å². The zero-order valence-corrected chi connectivity index (χ0v) is 17.8. The fraction of sp³-hybridized carbons (Fsp3) is 0.304. The third kappa shape index (κ3) is 3.47. The second-order valence-electron chi connectivity index (χ2n) is 8.42. The number of aromatic nitrogens is 2. The van der Waals surface area contributed by atoms with Crippen LogP contribution in [0.4, 0.5) is 0 Å². The standard InChI is InChI=1S/C23H24N2Se/c1-14-8-15(2)10-17(9-14)19-11-18-16(13-24-19)6-7-20-22(18)25-21(26-20)12-23(3,4)5/h6-11,13H,12H2,1-5H3. The van der Waals surface area contributed by atoms with E-state index in [0.717, 1.165) is 12.1 Å². The van der Waals surface area contributed by atoms with Gasteiger partial charge < -0.3 is 0 Å². The van der Waals surface area contributed by atoms with Crippen LogP contribution in [0, 0.1) is 19.3 Å². The van der Waals surface area contributed by atoms with Gasteiger partial charge in [-0.3, -0.25) is 0 Å². The van der Waals surface area contributed by atoms with E-state index in [2.05, 4.69) is 71.0 Å². The molecule has 0 saturated heterocycles. The maximum atomic E-state index is 5.05. The Morgan fingerprint density at radius 2 is 1.69 bits per heavy atom. The third-order valence-electron chi connectivity index (χ3n) is 4.50. The summed E-state index contributed by atoms with van der Waals surface area (Å²) in [5.41, 5.74) is 6.22. The minimum atomic E-state index is 0.282. The first-order valence-corrected chi connectivity index (χ1v) is 10.8. The summed E-state index contributed by atoms with van der Waals surface area (Å²) in [4.78, 5) is 9.77. The van der Waals surface area contributed by atoms with E-state index in [9.17, 15) is 0 Å². The van der Waals surface area contributed by atoms with Crippen LogP contribution < -0.4 is 0 Å². The zero-order valence-electron chi connectivity index (χ0n) is 16.1. The molecule has 3 heteroatoms. The molecule has 0 saturated carbocycles. The first-order valence-electron chi connectivity index (χ1n) is 9.05. The molecule has 0 aliphatic heterocycles. The molecule has 132 valence electrons. The van der Waals surface area contributed by atoms with Crippen molar-refractivity contribution in [2.75, 3.05) is 0 Å². The van der Waals surface area contributed by atoms with E-state index in [-0.39, 0.29) is 5.41 Å². The fourth-order valence-corrected chi connectivity index (χ4v) is 6.16. The van der Waals surface area contributed by atoms with E-state index in [0.29, 0.717) is 14.5 Å². The summed E-state index contributed by atoms with van der Waals surface area (Å²) in [6, 6.07) is 13.3. The van der Waals surface area contributed by atoms with Gasteiger partial charge in [0.25, 0.3) is 0 Å². The summed E-state index contributed by atoms with van der Waals surface area (Å²) in [6.07, 6.45) is 3.06. The summed E-state index contributed by atoms with van der Waals surface area (Å²) in [5, 5.41) is 2.41. The number of benzene rings is 2. The second-order valence-corrected chi connectivity index (χ2v) is 10.8. The van der Waals surface area contributed by atoms with Gasteiger partial charge in [0.2, 0.25) is 0 Å². The number of rotatable bonds is 2. The van der Waals surface area contributed by atoms with Gasteiger partial charge >= 0.3 is 161 Å². The Hall–Kier alpha value is -1.96. The van der Waals surface area contributed by atoms with Crippen LogP contribution in [0.15, 0.2) is 42.6 Å². The van der Waals surface area contributed by atoms with Gasteiger partial charge in [-0.2, -0.15) is 0 Å². The van der Waals surface area contributed by atoms with Crippen LogP contribution in [0.25, 0.3) is 31.8 Å². The van der Waals surface area contributed by atoms with Crippen LogP contribution in [0.3, 0.4) is 0 Å². The van der Waals surface area contributed by atoms with Crippen molar-refractivity contribution in [3.05, 3.63) is 58.3 Å². The molecule has 0 spiro atoms. The van der Waals surface area contributed by atoms with Crippen LogP contribution in [0.1, 0.15) is 36.5 Å². The molecule has 2 aromatic carbocycles. The van der Waals surface area contributed by atoms with Gasteiger partial charge in [-0.1, -0.05) is 0 Å². The Bertz CT molecular complexity index is 1100. The van der Waals surface area contributed by atoms with Crippen molar-refractivity contribution < 1.29 is 0 Å². The second kappa shape index (κ2) is 6.33. The van der Waals surface area contributed by atoms with Crippen molar-refractivity contribution in [1.82, 2.24) is 9.97 Å². The molecule has 2 aromatic heterocycles. The van der Waals surface area contributed by atoms with Crippen molar-refractivity contribution in [3.63, 3.8) is 0 Å². The Balaban J connectivity index is 1.89. The monoisotopic (exact) mass is 408 g/mol. The summed E-state index contributed by atoms with van der Waals surface area (Å²) in [6.45, 7) is 11.1. The Labute approximate surface area is 161 Å². The van der Waals surface area contributed by atoms with E-state index < -0.39 is 0 Å². The topological polar surface area (TPSA) is 25.8 Å². The van der Waals surface area contributed by atoms with Gasteiger partial charge in [-0.15, -0.1) is 0 Å². The molecule has 0 unspecified atom stereocenters. The molecule has 2 heterocycles. The minimum absolute atomic E-state index is 0.282. The summed E-state index contributed by atoms with van der Waals surface area (Å²) >= 11 is 0.347. The number of fused-ring (bicyclic) bond motifs is 3.